The van der Waals surface area contributed by atoms with Crippen molar-refractivity contribution in [1.82, 2.24) is 15.0 Å². The molecule has 30 heavy (non-hydrogen) atoms. The monoisotopic (exact) mass is 485 g/mol. The molecule has 0 saturated heterocycles. The van der Waals surface area contributed by atoms with Crippen LogP contribution < -0.4 is 3.78 Å². The van der Waals surface area contributed by atoms with Crippen molar-refractivity contribution in [2.24, 2.45) is 5.92 Å². The predicted octanol–water partition coefficient (Wildman–Crippen LogP) is 2.47. The second-order valence-corrected chi connectivity index (χ2v) is 11.5. The molecule has 1 unspecified atom stereocenters. The topological polar surface area (TPSA) is 74.1 Å². The summed E-state index contributed by atoms with van der Waals surface area (Å²) in [6, 6.07) is 11.4. The molecule has 0 spiro atoms. The molecule has 1 aromatic carbocycles. The Morgan fingerprint density at radius 1 is 1.13 bits per heavy atom. The molecule has 0 N–H and O–H groups in total. The van der Waals surface area contributed by atoms with E-state index < -0.39 is 17.2 Å². The number of ether oxygens (including phenoxy) is 1. The van der Waals surface area contributed by atoms with E-state index in [4.69, 9.17) is 4.74 Å². The van der Waals surface area contributed by atoms with Crippen molar-refractivity contribution in [3.05, 3.63) is 70.4 Å². The fourth-order valence-electron chi connectivity index (χ4n) is 3.96. The quantitative estimate of drug-likeness (QED) is 0.411. The summed E-state index contributed by atoms with van der Waals surface area (Å²) < 4.78 is 9.38. The molecular weight excluding hydrogens is 465 g/mol. The number of fused-ring (bicyclic) bond motifs is 2. The van der Waals surface area contributed by atoms with Crippen LogP contribution in [0.5, 0.6) is 0 Å². The van der Waals surface area contributed by atoms with Crippen molar-refractivity contribution in [3.8, 4) is 0 Å². The zero-order valence-electron chi connectivity index (χ0n) is 16.5. The van der Waals surface area contributed by atoms with Gasteiger partial charge in [-0.1, -0.05) is 0 Å². The summed E-state index contributed by atoms with van der Waals surface area (Å²) in [5, 5.41) is 11.5. The number of hydrogen-bond donors (Lipinski definition) is 0. The van der Waals surface area contributed by atoms with Gasteiger partial charge in [-0.05, 0) is 0 Å². The molecule has 8 heteroatoms. The van der Waals surface area contributed by atoms with E-state index in [0.717, 1.165) is 11.0 Å². The normalized spacial score (nSPS) is 19.6. The first-order chi connectivity index (χ1) is 14.4. The Hall–Kier alpha value is -2.54. The van der Waals surface area contributed by atoms with Gasteiger partial charge in [0.25, 0.3) is 0 Å². The maximum atomic E-state index is 13.0. The van der Waals surface area contributed by atoms with E-state index in [-0.39, 0.29) is 5.92 Å². The summed E-state index contributed by atoms with van der Waals surface area (Å²) in [5.41, 5.74) is 1.88. The van der Waals surface area contributed by atoms with Gasteiger partial charge in [0.2, 0.25) is 0 Å². The first-order valence-corrected chi connectivity index (χ1v) is 12.6. The maximum absolute atomic E-state index is 13.0. The summed E-state index contributed by atoms with van der Waals surface area (Å²) >= 11 is 2.09. The van der Waals surface area contributed by atoms with Gasteiger partial charge in [-0.3, -0.25) is 0 Å². The van der Waals surface area contributed by atoms with E-state index in [2.05, 4.69) is 27.8 Å². The molecule has 0 fully saturated rings. The van der Waals surface area contributed by atoms with Gasteiger partial charge in [0.15, 0.2) is 0 Å². The molecule has 152 valence electrons. The third kappa shape index (κ3) is 3.25. The van der Waals surface area contributed by atoms with Crippen LogP contribution in [0.15, 0.2) is 53.5 Å². The van der Waals surface area contributed by atoms with Crippen LogP contribution in [-0.4, -0.2) is 47.1 Å². The van der Waals surface area contributed by atoms with Gasteiger partial charge in [-0.2, -0.15) is 0 Å². The molecule has 1 atom stereocenters. The van der Waals surface area contributed by atoms with E-state index >= 15 is 0 Å². The van der Waals surface area contributed by atoms with E-state index in [1.54, 1.807) is 28.2 Å². The molecule has 0 amide bonds. The van der Waals surface area contributed by atoms with Crippen LogP contribution >= 0.6 is 11.3 Å². The number of benzene rings is 1. The second-order valence-electron chi connectivity index (χ2n) is 7.86. The standard InChI is InChI=1S/C22H19N3O3SSe/c1-22(2)16(11-25-10-13(23-24-25)12-30-17-8-5-9-29-17)18-20(27)19(26)14-6-3-4-7-15(14)21(18)28-22/h3-10,16H,11-12H2,1-2H3. The zero-order chi connectivity index (χ0) is 20.9. The van der Waals surface area contributed by atoms with Gasteiger partial charge in [0.1, 0.15) is 0 Å². The average molecular weight is 484 g/mol. The van der Waals surface area contributed by atoms with Gasteiger partial charge in [0.05, 0.1) is 0 Å². The van der Waals surface area contributed by atoms with Crippen LogP contribution in [-0.2, 0) is 21.4 Å². The van der Waals surface area contributed by atoms with Crippen LogP contribution in [0.3, 0.4) is 0 Å². The van der Waals surface area contributed by atoms with Crippen LogP contribution in [0, 0.1) is 5.92 Å². The molecule has 6 nitrogen and oxygen atoms in total. The second kappa shape index (κ2) is 7.30. The number of nitrogens with zero attached hydrogens (tertiary/aromatic N) is 3. The summed E-state index contributed by atoms with van der Waals surface area (Å²) in [6.07, 6.45) is 1.94. The van der Waals surface area contributed by atoms with Gasteiger partial charge < -0.3 is 0 Å². The van der Waals surface area contributed by atoms with E-state index in [1.807, 2.05) is 32.2 Å². The molecule has 2 aliphatic rings. The van der Waals surface area contributed by atoms with Crippen molar-refractivity contribution in [2.75, 3.05) is 0 Å². The summed E-state index contributed by atoms with van der Waals surface area (Å²) in [5.74, 6) is -0.685. The predicted molar refractivity (Wildman–Crippen MR) is 115 cm³/mol. The van der Waals surface area contributed by atoms with Crippen molar-refractivity contribution in [2.45, 2.75) is 31.3 Å². The molecule has 1 aliphatic carbocycles. The first kappa shape index (κ1) is 19.4. The van der Waals surface area contributed by atoms with E-state index in [9.17, 15) is 9.59 Å². The molecule has 2 aromatic heterocycles. The van der Waals surface area contributed by atoms with Gasteiger partial charge in [0, 0.05) is 0 Å². The average Bonchev–Trinajstić information content (AvgIpc) is 3.45. The number of aromatic nitrogens is 3. The third-order valence-corrected chi connectivity index (χ3v) is 9.16. The molecule has 0 radical (unpaired) electrons. The number of thiophene rings is 1. The molecule has 0 saturated carbocycles. The Morgan fingerprint density at radius 3 is 2.70 bits per heavy atom. The zero-order valence-corrected chi connectivity index (χ0v) is 19.0. The Balaban J connectivity index is 1.42. The number of Topliss-reactive ketones (excluding diaryl/α,β-unsaturated/α-hetero) is 2. The Bertz CT molecular complexity index is 1180. The number of carbonyl (C=O) groups excluding carboxylic acids is 2. The molecule has 5 rings (SSSR count). The number of rotatable bonds is 5. The van der Waals surface area contributed by atoms with Gasteiger partial charge in [-0.15, -0.1) is 0 Å². The van der Waals surface area contributed by atoms with Gasteiger partial charge >= 0.3 is 184 Å². The van der Waals surface area contributed by atoms with E-state index in [1.165, 1.54) is 3.78 Å². The third-order valence-electron chi connectivity index (χ3n) is 5.48. The minimum atomic E-state index is -0.634. The summed E-state index contributed by atoms with van der Waals surface area (Å²) in [7, 11) is 0. The molecule has 3 aromatic rings. The summed E-state index contributed by atoms with van der Waals surface area (Å²) in [4.78, 5) is 25.7. The minimum absolute atomic E-state index is 0.283. The molecular formula is C22H19N3O3SSe. The van der Waals surface area contributed by atoms with Gasteiger partial charge in [-0.25, -0.2) is 0 Å². The fourth-order valence-corrected chi connectivity index (χ4v) is 6.82. The van der Waals surface area contributed by atoms with Crippen LogP contribution in [0.25, 0.3) is 5.76 Å². The van der Waals surface area contributed by atoms with Crippen molar-refractivity contribution >= 4 is 47.4 Å². The van der Waals surface area contributed by atoms with E-state index in [0.29, 0.717) is 44.0 Å². The Labute approximate surface area is 184 Å². The molecule has 3 heterocycles. The van der Waals surface area contributed by atoms with Crippen molar-refractivity contribution in [1.29, 1.82) is 0 Å². The molecule has 1 aliphatic heterocycles. The van der Waals surface area contributed by atoms with Crippen molar-refractivity contribution < 1.29 is 14.3 Å². The van der Waals surface area contributed by atoms with Crippen molar-refractivity contribution in [3.63, 3.8) is 0 Å². The number of hydrogen-bond acceptors (Lipinski definition) is 6. The summed E-state index contributed by atoms with van der Waals surface area (Å²) in [6.45, 7) is 4.34. The van der Waals surface area contributed by atoms with Crippen LogP contribution in [0.4, 0.5) is 0 Å². The number of ketones is 2. The van der Waals surface area contributed by atoms with Crippen LogP contribution in [0.1, 0.15) is 35.5 Å². The van der Waals surface area contributed by atoms with Crippen LogP contribution in [0.2, 0.25) is 0 Å². The Morgan fingerprint density at radius 2 is 1.93 bits per heavy atom. The Kier molecular flexibility index (Phi) is 4.73. The number of carbonyl (C=O) groups is 2. The fraction of sp³-hybridized carbons (Fsp3) is 0.273. The first-order valence-electron chi connectivity index (χ1n) is 9.61. The SMILES string of the molecule is CC1(C)OC2=C(C(=O)C(=O)c3ccccc32)C1Cn1cc(C[Se]c2cccs2)nn1. The molecule has 0 bridgehead atoms.